The molecule has 0 bridgehead atoms. The summed E-state index contributed by atoms with van der Waals surface area (Å²) in [4.78, 5) is 55.7. The monoisotopic (exact) mass is 433 g/mol. The molecule has 0 spiro atoms. The molecule has 2 aromatic rings. The normalized spacial score (nSPS) is 19.2. The molecule has 166 valence electrons. The summed E-state index contributed by atoms with van der Waals surface area (Å²) in [6, 6.07) is 12.3. The quantitative estimate of drug-likeness (QED) is 0.735. The lowest BCUT2D eigenvalue weighted by Crippen LogP contribution is -2.58. The number of carbonyl (C=O) groups excluding carboxylic acids is 4. The molecule has 2 heterocycles. The van der Waals surface area contributed by atoms with Crippen molar-refractivity contribution in [3.05, 3.63) is 70.8 Å². The number of carbonyl (C=O) groups is 4. The Balaban J connectivity index is 1.73. The van der Waals surface area contributed by atoms with Gasteiger partial charge in [0.25, 0.3) is 11.8 Å². The number of imide groups is 1. The minimum Gasteiger partial charge on any atom is -0.352 e. The van der Waals surface area contributed by atoms with Gasteiger partial charge in [0.1, 0.15) is 12.1 Å². The van der Waals surface area contributed by atoms with Crippen LogP contribution in [0.15, 0.2) is 48.5 Å². The number of aryl methyl sites for hydroxylation is 1. The van der Waals surface area contributed by atoms with Crippen LogP contribution in [-0.2, 0) is 9.59 Å². The van der Waals surface area contributed by atoms with Crippen LogP contribution in [0, 0.1) is 12.8 Å². The van der Waals surface area contributed by atoms with Gasteiger partial charge in [0.15, 0.2) is 0 Å². The molecule has 4 amide bonds. The van der Waals surface area contributed by atoms with E-state index in [2.05, 4.69) is 5.32 Å². The van der Waals surface area contributed by atoms with Gasteiger partial charge in [0.05, 0.1) is 11.1 Å². The topological polar surface area (TPSA) is 86.8 Å². The fourth-order valence-electron chi connectivity index (χ4n) is 4.55. The van der Waals surface area contributed by atoms with E-state index in [1.54, 1.807) is 24.3 Å². The molecule has 0 saturated carbocycles. The van der Waals surface area contributed by atoms with Crippen molar-refractivity contribution in [2.24, 2.45) is 5.92 Å². The van der Waals surface area contributed by atoms with E-state index >= 15 is 0 Å². The molecule has 2 aliphatic rings. The number of hydrogen-bond donors (Lipinski definition) is 1. The lowest BCUT2D eigenvalue weighted by molar-refractivity contribution is -0.146. The number of rotatable bonds is 5. The maximum Gasteiger partial charge on any atom is 0.262 e. The smallest absolute Gasteiger partial charge is 0.262 e. The van der Waals surface area contributed by atoms with E-state index in [1.807, 2.05) is 45.0 Å². The van der Waals surface area contributed by atoms with Crippen molar-refractivity contribution in [1.29, 1.82) is 0 Å². The predicted molar refractivity (Wildman–Crippen MR) is 119 cm³/mol. The molecule has 2 aliphatic heterocycles. The minimum atomic E-state index is -0.972. The molecule has 7 nitrogen and oxygen atoms in total. The van der Waals surface area contributed by atoms with Crippen LogP contribution >= 0.6 is 0 Å². The summed E-state index contributed by atoms with van der Waals surface area (Å²) in [6.45, 7) is 6.42. The average Bonchev–Trinajstić information content (AvgIpc) is 3.02. The van der Waals surface area contributed by atoms with Crippen LogP contribution in [0.25, 0.3) is 0 Å². The second kappa shape index (κ2) is 8.57. The first-order chi connectivity index (χ1) is 15.3. The molecular weight excluding hydrogens is 406 g/mol. The molecule has 1 fully saturated rings. The largest absolute Gasteiger partial charge is 0.352 e. The Bertz CT molecular complexity index is 1060. The van der Waals surface area contributed by atoms with Crippen LogP contribution < -0.4 is 5.32 Å². The van der Waals surface area contributed by atoms with Crippen LogP contribution in [0.1, 0.15) is 58.2 Å². The Hall–Kier alpha value is -3.48. The molecule has 0 aromatic heterocycles. The first kappa shape index (κ1) is 21.7. The minimum absolute atomic E-state index is 0.0591. The van der Waals surface area contributed by atoms with Gasteiger partial charge < -0.3 is 10.2 Å². The Morgan fingerprint density at radius 3 is 2.19 bits per heavy atom. The number of nitrogens with zero attached hydrogens (tertiary/aromatic N) is 2. The SMILES string of the molecule is Cc1ccccc1C1C(=O)NCCN1C(=O)C(CC(C)C)N1C(=O)c2ccccc2C1=O. The fraction of sp³-hybridized carbons (Fsp3) is 0.360. The highest BCUT2D eigenvalue weighted by molar-refractivity contribution is 6.22. The number of piperazine rings is 1. The maximum atomic E-state index is 13.9. The Morgan fingerprint density at radius 1 is 1.00 bits per heavy atom. The van der Waals surface area contributed by atoms with E-state index in [0.717, 1.165) is 16.0 Å². The summed E-state index contributed by atoms with van der Waals surface area (Å²) in [5.74, 6) is -1.50. The summed E-state index contributed by atoms with van der Waals surface area (Å²) >= 11 is 0. The second-order valence-corrected chi connectivity index (χ2v) is 8.75. The standard InChI is InChI=1S/C25H27N3O4/c1-15(2)14-20(28-23(30)18-10-6-7-11-19(18)24(28)31)25(32)27-13-12-26-22(29)21(27)17-9-5-4-8-16(17)3/h4-11,15,20-21H,12-14H2,1-3H3,(H,26,29). The van der Waals surface area contributed by atoms with E-state index in [1.165, 1.54) is 4.90 Å². The van der Waals surface area contributed by atoms with Gasteiger partial charge in [0, 0.05) is 13.1 Å². The third kappa shape index (κ3) is 3.68. The van der Waals surface area contributed by atoms with E-state index in [-0.39, 0.29) is 17.7 Å². The number of nitrogens with one attached hydrogen (secondary N) is 1. The Morgan fingerprint density at radius 2 is 1.59 bits per heavy atom. The van der Waals surface area contributed by atoms with Crippen LogP contribution in [0.5, 0.6) is 0 Å². The van der Waals surface area contributed by atoms with Crippen LogP contribution in [0.2, 0.25) is 0 Å². The molecule has 2 unspecified atom stereocenters. The third-order valence-electron chi connectivity index (χ3n) is 6.09. The molecular formula is C25H27N3O4. The van der Waals surface area contributed by atoms with Gasteiger partial charge in [-0.15, -0.1) is 0 Å². The molecule has 0 aliphatic carbocycles. The van der Waals surface area contributed by atoms with Crippen LogP contribution in [0.3, 0.4) is 0 Å². The number of hydrogen-bond acceptors (Lipinski definition) is 4. The summed E-state index contributed by atoms with van der Waals surface area (Å²) < 4.78 is 0. The zero-order chi connectivity index (χ0) is 23.0. The zero-order valence-corrected chi connectivity index (χ0v) is 18.5. The summed E-state index contributed by atoms with van der Waals surface area (Å²) in [7, 11) is 0. The van der Waals surface area contributed by atoms with Gasteiger partial charge in [0.2, 0.25) is 11.8 Å². The van der Waals surface area contributed by atoms with E-state index in [0.29, 0.717) is 30.6 Å². The second-order valence-electron chi connectivity index (χ2n) is 8.75. The molecule has 2 aromatic carbocycles. The highest BCUT2D eigenvalue weighted by Crippen LogP contribution is 2.31. The van der Waals surface area contributed by atoms with Gasteiger partial charge in [-0.3, -0.25) is 24.1 Å². The average molecular weight is 434 g/mol. The Kier molecular flexibility index (Phi) is 5.82. The molecule has 1 N–H and O–H groups in total. The predicted octanol–water partition coefficient (Wildman–Crippen LogP) is 2.71. The molecule has 32 heavy (non-hydrogen) atoms. The number of amides is 4. The van der Waals surface area contributed by atoms with Crippen LogP contribution in [0.4, 0.5) is 0 Å². The van der Waals surface area contributed by atoms with Crippen molar-refractivity contribution in [2.45, 2.75) is 39.3 Å². The lowest BCUT2D eigenvalue weighted by Gasteiger charge is -2.39. The molecule has 7 heteroatoms. The summed E-state index contributed by atoms with van der Waals surface area (Å²) in [5, 5.41) is 2.84. The summed E-state index contributed by atoms with van der Waals surface area (Å²) in [6.07, 6.45) is 0.322. The van der Waals surface area contributed by atoms with Crippen molar-refractivity contribution in [3.63, 3.8) is 0 Å². The van der Waals surface area contributed by atoms with Gasteiger partial charge in [-0.05, 0) is 42.5 Å². The van der Waals surface area contributed by atoms with E-state index in [9.17, 15) is 19.2 Å². The lowest BCUT2D eigenvalue weighted by atomic mass is 9.95. The fourth-order valence-corrected chi connectivity index (χ4v) is 4.55. The molecule has 1 saturated heterocycles. The van der Waals surface area contributed by atoms with E-state index in [4.69, 9.17) is 0 Å². The third-order valence-corrected chi connectivity index (χ3v) is 6.09. The van der Waals surface area contributed by atoms with E-state index < -0.39 is 23.9 Å². The molecule has 2 atom stereocenters. The first-order valence-electron chi connectivity index (χ1n) is 10.9. The van der Waals surface area contributed by atoms with Crippen LogP contribution in [-0.4, -0.2) is 52.6 Å². The van der Waals surface area contributed by atoms with Crippen molar-refractivity contribution in [1.82, 2.24) is 15.1 Å². The number of fused-ring (bicyclic) bond motifs is 1. The van der Waals surface area contributed by atoms with Gasteiger partial charge in [-0.25, -0.2) is 0 Å². The number of benzene rings is 2. The highest BCUT2D eigenvalue weighted by Gasteiger charge is 2.46. The van der Waals surface area contributed by atoms with Crippen molar-refractivity contribution >= 4 is 23.6 Å². The van der Waals surface area contributed by atoms with Gasteiger partial charge >= 0.3 is 0 Å². The first-order valence-corrected chi connectivity index (χ1v) is 10.9. The van der Waals surface area contributed by atoms with Crippen molar-refractivity contribution in [3.8, 4) is 0 Å². The molecule has 0 radical (unpaired) electrons. The van der Waals surface area contributed by atoms with Gasteiger partial charge in [-0.1, -0.05) is 50.2 Å². The van der Waals surface area contributed by atoms with Crippen molar-refractivity contribution in [2.75, 3.05) is 13.1 Å². The van der Waals surface area contributed by atoms with Crippen molar-refractivity contribution < 1.29 is 19.2 Å². The zero-order valence-electron chi connectivity index (χ0n) is 18.5. The summed E-state index contributed by atoms with van der Waals surface area (Å²) in [5.41, 5.74) is 2.26. The Labute approximate surface area is 187 Å². The highest BCUT2D eigenvalue weighted by atomic mass is 16.2. The van der Waals surface area contributed by atoms with Gasteiger partial charge in [-0.2, -0.15) is 0 Å². The maximum absolute atomic E-state index is 13.9. The molecule has 4 rings (SSSR count).